The number of fused-ring (bicyclic) bond motifs is 10. The summed E-state index contributed by atoms with van der Waals surface area (Å²) in [5.74, 6) is 0.377. The summed E-state index contributed by atoms with van der Waals surface area (Å²) in [5, 5.41) is 0. The van der Waals surface area contributed by atoms with Crippen molar-refractivity contribution < 1.29 is 0 Å². The predicted octanol–water partition coefficient (Wildman–Crippen LogP) is 15.6. The highest BCUT2D eigenvalue weighted by Crippen LogP contribution is 2.65. The molecule has 0 aliphatic heterocycles. The number of nitrogens with zero attached hydrogens (tertiary/aromatic N) is 2. The highest BCUT2D eigenvalue weighted by atomic mass is 15.2. The molecule has 1 unspecified atom stereocenters. The maximum absolute atomic E-state index is 2.57. The van der Waals surface area contributed by atoms with Crippen molar-refractivity contribution in [3.63, 3.8) is 0 Å². The van der Waals surface area contributed by atoms with Crippen molar-refractivity contribution in [3.05, 3.63) is 215 Å². The van der Waals surface area contributed by atoms with Crippen LogP contribution in [0.15, 0.2) is 181 Å². The number of anilines is 4. The van der Waals surface area contributed by atoms with Crippen LogP contribution in [0.3, 0.4) is 0 Å². The maximum atomic E-state index is 2.57. The molecule has 0 bridgehead atoms. The molecule has 0 radical (unpaired) electrons. The maximum Gasteiger partial charge on any atom is 0.0727 e. The third kappa shape index (κ3) is 6.06. The van der Waals surface area contributed by atoms with Crippen LogP contribution in [0.1, 0.15) is 101 Å². The molecule has 298 valence electrons. The number of para-hydroxylation sites is 2. The monoisotopic (exact) mass is 780 g/mol. The van der Waals surface area contributed by atoms with E-state index in [1.807, 2.05) is 0 Å². The van der Waals surface area contributed by atoms with Gasteiger partial charge in [-0.1, -0.05) is 158 Å². The summed E-state index contributed by atoms with van der Waals surface area (Å²) in [6, 6.07) is 51.4. The van der Waals surface area contributed by atoms with Crippen molar-refractivity contribution in [2.24, 2.45) is 5.92 Å². The fourth-order valence-electron chi connectivity index (χ4n) is 10.3. The molecule has 1 atom stereocenters. The van der Waals surface area contributed by atoms with Crippen LogP contribution >= 0.6 is 0 Å². The zero-order valence-electron chi connectivity index (χ0n) is 36.3. The van der Waals surface area contributed by atoms with E-state index < -0.39 is 5.41 Å². The molecule has 0 saturated carbocycles. The number of hydrogen-bond donors (Lipinski definition) is 0. The Hall–Kier alpha value is -6.12. The first-order chi connectivity index (χ1) is 28.9. The lowest BCUT2D eigenvalue weighted by molar-refractivity contribution is 0.586. The Balaban J connectivity index is 1.31. The Kier molecular flexibility index (Phi) is 9.06. The predicted molar refractivity (Wildman–Crippen MR) is 255 cm³/mol. The highest BCUT2D eigenvalue weighted by molar-refractivity contribution is 5.97. The first-order valence-electron chi connectivity index (χ1n) is 22.0. The van der Waals surface area contributed by atoms with E-state index in [0.717, 1.165) is 19.3 Å². The summed E-state index contributed by atoms with van der Waals surface area (Å²) < 4.78 is 0. The van der Waals surface area contributed by atoms with Crippen LogP contribution in [0.2, 0.25) is 0 Å². The van der Waals surface area contributed by atoms with Gasteiger partial charge in [0, 0.05) is 40.1 Å². The quantitative estimate of drug-likeness (QED) is 0.166. The van der Waals surface area contributed by atoms with Gasteiger partial charge in [-0.05, 0) is 146 Å². The van der Waals surface area contributed by atoms with Crippen LogP contribution in [0, 0.1) is 5.92 Å². The highest BCUT2D eigenvalue weighted by Gasteiger charge is 2.53. The Morgan fingerprint density at radius 2 is 0.950 bits per heavy atom. The Morgan fingerprint density at radius 3 is 1.43 bits per heavy atom. The number of hydrogen-bond acceptors (Lipinski definition) is 2. The molecule has 2 heteroatoms. The van der Waals surface area contributed by atoms with Crippen LogP contribution in [-0.2, 0) is 16.2 Å². The third-order valence-electron chi connectivity index (χ3n) is 13.5. The molecule has 6 aromatic carbocycles. The second-order valence-electron chi connectivity index (χ2n) is 19.4. The molecule has 0 aromatic heterocycles. The van der Waals surface area contributed by atoms with Crippen molar-refractivity contribution in [3.8, 4) is 22.3 Å². The molecule has 1 spiro atoms. The largest absolute Gasteiger partial charge is 0.314 e. The summed E-state index contributed by atoms with van der Waals surface area (Å²) in [7, 11) is 0. The molecule has 4 aliphatic carbocycles. The first kappa shape index (κ1) is 38.1. The molecule has 10 rings (SSSR count). The summed E-state index contributed by atoms with van der Waals surface area (Å²) >= 11 is 0. The van der Waals surface area contributed by atoms with E-state index in [-0.39, 0.29) is 10.8 Å². The van der Waals surface area contributed by atoms with Gasteiger partial charge in [0.2, 0.25) is 0 Å². The van der Waals surface area contributed by atoms with E-state index in [0.29, 0.717) is 5.92 Å². The molecule has 4 aliphatic rings. The van der Waals surface area contributed by atoms with Gasteiger partial charge >= 0.3 is 0 Å². The first-order valence-corrected chi connectivity index (χ1v) is 22.0. The van der Waals surface area contributed by atoms with Crippen molar-refractivity contribution >= 4 is 22.7 Å². The van der Waals surface area contributed by atoms with Gasteiger partial charge in [0.05, 0.1) is 5.41 Å². The summed E-state index contributed by atoms with van der Waals surface area (Å²) in [6.45, 7) is 16.5. The van der Waals surface area contributed by atoms with Crippen molar-refractivity contribution in [1.82, 2.24) is 0 Å². The number of rotatable bonds is 6. The molecule has 2 nitrogen and oxygen atoms in total. The van der Waals surface area contributed by atoms with Crippen LogP contribution in [0.4, 0.5) is 22.7 Å². The van der Waals surface area contributed by atoms with E-state index in [9.17, 15) is 0 Å². The molecular formula is C58H56N2. The lowest BCUT2D eigenvalue weighted by Gasteiger charge is -2.36. The van der Waals surface area contributed by atoms with Crippen molar-refractivity contribution in [2.75, 3.05) is 9.80 Å². The minimum Gasteiger partial charge on any atom is -0.314 e. The van der Waals surface area contributed by atoms with Crippen molar-refractivity contribution in [2.45, 2.75) is 84.0 Å². The molecule has 6 aromatic rings. The van der Waals surface area contributed by atoms with Crippen molar-refractivity contribution in [1.29, 1.82) is 0 Å². The topological polar surface area (TPSA) is 6.48 Å². The zero-order valence-corrected chi connectivity index (χ0v) is 36.3. The van der Waals surface area contributed by atoms with Crippen LogP contribution in [-0.4, -0.2) is 0 Å². The summed E-state index contributed by atoms with van der Waals surface area (Å²) in [6.07, 6.45) is 16.7. The minimum atomic E-state index is -0.554. The van der Waals surface area contributed by atoms with Gasteiger partial charge in [0.15, 0.2) is 0 Å². The van der Waals surface area contributed by atoms with E-state index in [2.05, 4.69) is 228 Å². The fourth-order valence-corrected chi connectivity index (χ4v) is 10.3. The molecule has 0 heterocycles. The molecule has 60 heavy (non-hydrogen) atoms. The van der Waals surface area contributed by atoms with Gasteiger partial charge in [-0.15, -0.1) is 0 Å². The second-order valence-corrected chi connectivity index (χ2v) is 19.4. The minimum absolute atomic E-state index is 0.0260. The third-order valence-corrected chi connectivity index (χ3v) is 13.5. The Bertz CT molecular complexity index is 2700. The Labute approximate surface area is 357 Å². The van der Waals surface area contributed by atoms with E-state index in [1.165, 1.54) is 89.8 Å². The lowest BCUT2D eigenvalue weighted by atomic mass is 9.68. The lowest BCUT2D eigenvalue weighted by Crippen LogP contribution is -2.28. The van der Waals surface area contributed by atoms with E-state index in [1.54, 1.807) is 0 Å². The average molecular weight is 781 g/mol. The smallest absolute Gasteiger partial charge is 0.0727 e. The van der Waals surface area contributed by atoms with Crippen LogP contribution in [0.25, 0.3) is 22.3 Å². The summed E-state index contributed by atoms with van der Waals surface area (Å²) in [4.78, 5) is 5.02. The van der Waals surface area contributed by atoms with E-state index in [4.69, 9.17) is 0 Å². The van der Waals surface area contributed by atoms with Gasteiger partial charge in [0.25, 0.3) is 0 Å². The van der Waals surface area contributed by atoms with Crippen LogP contribution in [0.5, 0.6) is 0 Å². The van der Waals surface area contributed by atoms with Gasteiger partial charge in [0.1, 0.15) is 0 Å². The molecular weight excluding hydrogens is 725 g/mol. The molecule has 0 N–H and O–H groups in total. The van der Waals surface area contributed by atoms with Crippen LogP contribution < -0.4 is 9.80 Å². The molecule has 0 saturated heterocycles. The second kappa shape index (κ2) is 14.3. The standard InChI is InChI=1S/C58H56N2/c1-39-19-17-18-26-55(39)60(44-24-15-10-16-25-44)46-30-34-50-49-33-29-45(59(42-20-11-8-12-21-42)43-22-13-9-14-23-43)37-53(49)58(54(50)38-46)51-35-40(56(2,3)4)27-31-47(51)48-32-28-41(36-52(48)58)57(5,6)7/h8-13,15-18,20-22,24-39H,14,19,23H2,1-7H3. The normalized spacial score (nSPS) is 17.1. The average Bonchev–Trinajstić information content (AvgIpc) is 3.71. The molecule has 0 fully saturated rings. The SMILES string of the molecule is CC1CC=CC=C1N(c1ccccc1)c1ccc2c(c1)C1(c3cc(N(C4=CC=CCC4)c4ccccc4)ccc3-2)c2cc(C(C)(C)C)ccc2-c2ccc(C(C)(C)C)cc21. The van der Waals surface area contributed by atoms with E-state index >= 15 is 0 Å². The molecule has 0 amide bonds. The zero-order chi connectivity index (χ0) is 41.4. The number of benzene rings is 6. The summed E-state index contributed by atoms with van der Waals surface area (Å²) in [5.41, 5.74) is 20.3. The van der Waals surface area contributed by atoms with Gasteiger partial charge in [-0.25, -0.2) is 0 Å². The fraction of sp³-hybridized carbons (Fsp3) is 0.241. The Morgan fingerprint density at radius 1 is 0.483 bits per heavy atom. The number of allylic oxidation sites excluding steroid dienone is 8. The van der Waals surface area contributed by atoms with Gasteiger partial charge < -0.3 is 9.80 Å². The van der Waals surface area contributed by atoms with Gasteiger partial charge in [-0.2, -0.15) is 0 Å². The van der Waals surface area contributed by atoms with Gasteiger partial charge in [-0.3, -0.25) is 0 Å².